The molecule has 1 aliphatic heterocycles. The molecule has 0 bridgehead atoms. The highest BCUT2D eigenvalue weighted by molar-refractivity contribution is 5.60. The zero-order valence-corrected chi connectivity index (χ0v) is 12.8. The highest BCUT2D eigenvalue weighted by atomic mass is 15.0. The minimum Gasteiger partial charge on any atom is -0.376 e. The molecule has 0 amide bonds. The number of nitrogens with zero attached hydrogens (tertiary/aromatic N) is 1. The molecule has 0 fully saturated rings. The van der Waals surface area contributed by atoms with Gasteiger partial charge in [-0.1, -0.05) is 54.6 Å². The third kappa shape index (κ3) is 1.91. The fraction of sp³-hybridized carbons (Fsp3) is 0.190. The van der Waals surface area contributed by atoms with E-state index in [1.807, 2.05) is 12.3 Å². The van der Waals surface area contributed by atoms with E-state index in [0.717, 1.165) is 6.42 Å². The predicted octanol–water partition coefficient (Wildman–Crippen LogP) is 4.55. The monoisotopic (exact) mass is 298 g/mol. The molecule has 0 radical (unpaired) electrons. The Kier molecular flexibility index (Phi) is 2.77. The Morgan fingerprint density at radius 1 is 0.870 bits per heavy atom. The van der Waals surface area contributed by atoms with E-state index in [0.29, 0.717) is 17.9 Å². The van der Waals surface area contributed by atoms with E-state index in [-0.39, 0.29) is 0 Å². The van der Waals surface area contributed by atoms with Crippen LogP contribution in [0.2, 0.25) is 0 Å². The average molecular weight is 298 g/mol. The number of anilines is 1. The first kappa shape index (κ1) is 12.9. The van der Waals surface area contributed by atoms with Crippen LogP contribution in [0.3, 0.4) is 0 Å². The molecule has 0 saturated heterocycles. The summed E-state index contributed by atoms with van der Waals surface area (Å²) >= 11 is 0. The van der Waals surface area contributed by atoms with E-state index in [4.69, 9.17) is 4.98 Å². The lowest BCUT2D eigenvalue weighted by Gasteiger charge is -2.37. The Balaban J connectivity index is 1.70. The van der Waals surface area contributed by atoms with Gasteiger partial charge in [-0.15, -0.1) is 0 Å². The number of aromatic nitrogens is 1. The van der Waals surface area contributed by atoms with E-state index in [2.05, 4.69) is 66.0 Å². The lowest BCUT2D eigenvalue weighted by molar-refractivity contribution is 0.414. The Morgan fingerprint density at radius 3 is 2.61 bits per heavy atom. The van der Waals surface area contributed by atoms with Gasteiger partial charge in [-0.05, 0) is 41.2 Å². The molecular weight excluding hydrogens is 280 g/mol. The third-order valence-corrected chi connectivity index (χ3v) is 5.30. The number of benzene rings is 2. The predicted molar refractivity (Wildman–Crippen MR) is 92.5 cm³/mol. The minimum atomic E-state index is 0.338. The van der Waals surface area contributed by atoms with Gasteiger partial charge in [-0.25, -0.2) is 0 Å². The summed E-state index contributed by atoms with van der Waals surface area (Å²) in [5.74, 6) is 0.922. The average Bonchev–Trinajstić information content (AvgIpc) is 3.01. The van der Waals surface area contributed by atoms with Crippen LogP contribution in [-0.4, -0.2) is 4.98 Å². The molecule has 1 N–H and O–H groups in total. The molecule has 23 heavy (non-hydrogen) atoms. The zero-order valence-electron chi connectivity index (χ0n) is 12.8. The van der Waals surface area contributed by atoms with Gasteiger partial charge >= 0.3 is 0 Å². The van der Waals surface area contributed by atoms with Crippen molar-refractivity contribution in [2.45, 2.75) is 18.4 Å². The maximum Gasteiger partial charge on any atom is 0.0713 e. The molecule has 1 aromatic heterocycles. The van der Waals surface area contributed by atoms with Crippen LogP contribution >= 0.6 is 0 Å². The van der Waals surface area contributed by atoms with Crippen molar-refractivity contribution in [3.63, 3.8) is 0 Å². The molecule has 2 nitrogen and oxygen atoms in total. The summed E-state index contributed by atoms with van der Waals surface area (Å²) < 4.78 is 0. The summed E-state index contributed by atoms with van der Waals surface area (Å²) in [5.41, 5.74) is 6.68. The van der Waals surface area contributed by atoms with Gasteiger partial charge in [0.25, 0.3) is 0 Å². The lowest BCUT2D eigenvalue weighted by Crippen LogP contribution is -2.31. The van der Waals surface area contributed by atoms with E-state index in [9.17, 15) is 0 Å². The lowest BCUT2D eigenvalue weighted by atomic mass is 9.78. The molecule has 2 aliphatic rings. The van der Waals surface area contributed by atoms with Crippen LogP contribution in [0.4, 0.5) is 5.69 Å². The molecule has 0 saturated carbocycles. The van der Waals surface area contributed by atoms with Crippen molar-refractivity contribution in [3.05, 3.63) is 95.3 Å². The Bertz CT molecular complexity index is 856. The van der Waals surface area contributed by atoms with Gasteiger partial charge in [0.1, 0.15) is 0 Å². The van der Waals surface area contributed by atoms with Gasteiger partial charge in [0.15, 0.2) is 0 Å². The van der Waals surface area contributed by atoms with Crippen molar-refractivity contribution in [1.82, 2.24) is 4.98 Å². The molecule has 1 aliphatic carbocycles. The summed E-state index contributed by atoms with van der Waals surface area (Å²) in [6, 6.07) is 24.2. The van der Waals surface area contributed by atoms with E-state index in [1.165, 1.54) is 28.1 Å². The first-order valence-corrected chi connectivity index (χ1v) is 8.26. The number of pyridine rings is 1. The first-order valence-electron chi connectivity index (χ1n) is 8.26. The standard InChI is InChI=1S/C21H18N2/c1-2-7-14(8-3-1)20-17-13-15-9-4-5-10-16(15)19(17)21-18(23-20)11-6-12-22-21/h1-12,17,19-20,23H,13H2/t17-,19+,20-/m1/s1. The smallest absolute Gasteiger partial charge is 0.0713 e. The molecular formula is C21H18N2. The van der Waals surface area contributed by atoms with Crippen LogP contribution in [-0.2, 0) is 6.42 Å². The highest BCUT2D eigenvalue weighted by Crippen LogP contribution is 2.52. The Morgan fingerprint density at radius 2 is 1.70 bits per heavy atom. The summed E-state index contributed by atoms with van der Waals surface area (Å²) in [6.07, 6.45) is 3.03. The van der Waals surface area contributed by atoms with Crippen molar-refractivity contribution < 1.29 is 0 Å². The summed E-state index contributed by atoms with van der Waals surface area (Å²) in [4.78, 5) is 4.73. The Labute approximate surface area is 136 Å². The normalized spacial score (nSPS) is 24.3. The van der Waals surface area contributed by atoms with E-state index in [1.54, 1.807) is 0 Å². The second-order valence-electron chi connectivity index (χ2n) is 6.51. The largest absolute Gasteiger partial charge is 0.376 e. The van der Waals surface area contributed by atoms with Gasteiger partial charge < -0.3 is 5.32 Å². The Hall–Kier alpha value is -2.61. The van der Waals surface area contributed by atoms with Crippen LogP contribution in [0.5, 0.6) is 0 Å². The molecule has 3 aromatic rings. The van der Waals surface area contributed by atoms with Gasteiger partial charge in [-0.3, -0.25) is 4.98 Å². The summed E-state index contributed by atoms with van der Waals surface area (Å²) in [6.45, 7) is 0. The number of fused-ring (bicyclic) bond motifs is 5. The number of rotatable bonds is 1. The van der Waals surface area contributed by atoms with Crippen molar-refractivity contribution in [3.8, 4) is 0 Å². The molecule has 2 heteroatoms. The van der Waals surface area contributed by atoms with Crippen LogP contribution in [0, 0.1) is 5.92 Å². The van der Waals surface area contributed by atoms with Crippen molar-refractivity contribution in [2.24, 2.45) is 5.92 Å². The van der Waals surface area contributed by atoms with Crippen LogP contribution < -0.4 is 5.32 Å². The molecule has 3 atom stereocenters. The summed E-state index contributed by atoms with van der Waals surface area (Å²) in [5, 5.41) is 3.76. The summed E-state index contributed by atoms with van der Waals surface area (Å²) in [7, 11) is 0. The topological polar surface area (TPSA) is 24.9 Å². The second kappa shape index (κ2) is 4.95. The van der Waals surface area contributed by atoms with Crippen molar-refractivity contribution in [1.29, 1.82) is 0 Å². The van der Waals surface area contributed by atoms with Gasteiger partial charge in [0, 0.05) is 12.1 Å². The third-order valence-electron chi connectivity index (χ3n) is 5.30. The van der Waals surface area contributed by atoms with Gasteiger partial charge in [0.05, 0.1) is 17.4 Å². The van der Waals surface area contributed by atoms with Crippen LogP contribution in [0.1, 0.15) is 34.3 Å². The molecule has 2 aromatic carbocycles. The minimum absolute atomic E-state index is 0.338. The van der Waals surface area contributed by atoms with Crippen molar-refractivity contribution in [2.75, 3.05) is 5.32 Å². The number of hydrogen-bond acceptors (Lipinski definition) is 2. The van der Waals surface area contributed by atoms with E-state index >= 15 is 0 Å². The molecule has 2 heterocycles. The molecule has 0 unspecified atom stereocenters. The fourth-order valence-electron chi connectivity index (χ4n) is 4.34. The van der Waals surface area contributed by atoms with Gasteiger partial charge in [-0.2, -0.15) is 0 Å². The second-order valence-corrected chi connectivity index (χ2v) is 6.51. The molecule has 112 valence electrons. The fourth-order valence-corrected chi connectivity index (χ4v) is 4.34. The molecule has 5 rings (SSSR count). The SMILES string of the molecule is c1ccc([C@H]2Nc3cccnc3[C@H]3c4ccccc4C[C@H]32)cc1. The molecule has 0 spiro atoms. The maximum absolute atomic E-state index is 4.73. The van der Waals surface area contributed by atoms with Crippen LogP contribution in [0.15, 0.2) is 72.9 Å². The van der Waals surface area contributed by atoms with E-state index < -0.39 is 0 Å². The zero-order chi connectivity index (χ0) is 15.2. The number of hydrogen-bond donors (Lipinski definition) is 1. The van der Waals surface area contributed by atoms with Gasteiger partial charge in [0.2, 0.25) is 0 Å². The maximum atomic E-state index is 4.73. The van der Waals surface area contributed by atoms with Crippen LogP contribution in [0.25, 0.3) is 0 Å². The highest BCUT2D eigenvalue weighted by Gasteiger charge is 2.43. The quantitative estimate of drug-likeness (QED) is 0.713. The first-order chi connectivity index (χ1) is 11.4. The number of nitrogens with one attached hydrogen (secondary N) is 1. The van der Waals surface area contributed by atoms with Crippen molar-refractivity contribution >= 4 is 5.69 Å².